The predicted octanol–water partition coefficient (Wildman–Crippen LogP) is 3.36. The Hall–Kier alpha value is -2.29. The van der Waals surface area contributed by atoms with Gasteiger partial charge in [0.25, 0.3) is 5.91 Å². The van der Waals surface area contributed by atoms with Crippen LogP contribution in [0.3, 0.4) is 0 Å². The van der Waals surface area contributed by atoms with Crippen LogP contribution >= 0.6 is 11.6 Å². The van der Waals surface area contributed by atoms with Crippen LogP contribution in [0.4, 0.5) is 17.1 Å². The molecular formula is C21H24ClN3O4S. The van der Waals surface area contributed by atoms with Crippen molar-refractivity contribution in [3.63, 3.8) is 0 Å². The zero-order valence-corrected chi connectivity index (χ0v) is 18.1. The maximum Gasteiger partial charge on any atom is 0.257 e. The third-order valence-electron chi connectivity index (χ3n) is 5.34. The van der Waals surface area contributed by atoms with Crippen molar-refractivity contribution in [2.45, 2.75) is 12.8 Å². The molecule has 2 aromatic rings. The Morgan fingerprint density at radius 2 is 1.80 bits per heavy atom. The number of carbonyl (C=O) groups is 1. The van der Waals surface area contributed by atoms with E-state index in [9.17, 15) is 13.2 Å². The molecule has 0 unspecified atom stereocenters. The van der Waals surface area contributed by atoms with E-state index in [-0.39, 0.29) is 16.7 Å². The number of hydrogen-bond donors (Lipinski definition) is 1. The zero-order chi connectivity index (χ0) is 21.1. The summed E-state index contributed by atoms with van der Waals surface area (Å²) in [6.07, 6.45) is 1.47. The number of rotatable bonds is 4. The lowest BCUT2D eigenvalue weighted by Gasteiger charge is -2.30. The Kier molecular flexibility index (Phi) is 6.17. The van der Waals surface area contributed by atoms with Gasteiger partial charge in [-0.2, -0.15) is 0 Å². The molecule has 0 atom stereocenters. The molecule has 7 nitrogen and oxygen atoms in total. The fraction of sp³-hybridized carbons (Fsp3) is 0.381. The molecule has 9 heteroatoms. The number of nitrogens with zero attached hydrogens (tertiary/aromatic N) is 2. The number of para-hydroxylation sites is 2. The maximum absolute atomic E-state index is 12.9. The van der Waals surface area contributed by atoms with Gasteiger partial charge in [-0.3, -0.25) is 9.10 Å². The van der Waals surface area contributed by atoms with Gasteiger partial charge in [0.05, 0.1) is 46.6 Å². The number of ether oxygens (including phenoxy) is 1. The Morgan fingerprint density at radius 1 is 1.03 bits per heavy atom. The summed E-state index contributed by atoms with van der Waals surface area (Å²) >= 11 is 6.38. The number of sulfonamides is 1. The van der Waals surface area contributed by atoms with Crippen molar-refractivity contribution in [3.05, 3.63) is 53.1 Å². The molecule has 2 aliphatic rings. The number of halogens is 1. The lowest BCUT2D eigenvalue weighted by Crippen LogP contribution is -2.37. The summed E-state index contributed by atoms with van der Waals surface area (Å²) < 4.78 is 31.4. The minimum Gasteiger partial charge on any atom is -0.378 e. The third kappa shape index (κ3) is 4.40. The highest BCUT2D eigenvalue weighted by Gasteiger charge is 2.27. The second kappa shape index (κ2) is 8.83. The zero-order valence-electron chi connectivity index (χ0n) is 16.5. The Balaban J connectivity index is 1.55. The fourth-order valence-corrected chi connectivity index (χ4v) is 5.66. The lowest BCUT2D eigenvalue weighted by molar-refractivity contribution is 0.102. The number of nitrogens with one attached hydrogen (secondary N) is 1. The summed E-state index contributed by atoms with van der Waals surface area (Å²) in [5.74, 6) is -0.209. The summed E-state index contributed by atoms with van der Waals surface area (Å²) in [4.78, 5) is 15.1. The van der Waals surface area contributed by atoms with E-state index in [0.717, 1.165) is 25.2 Å². The van der Waals surface area contributed by atoms with E-state index in [4.69, 9.17) is 16.3 Å². The number of benzene rings is 2. The summed E-state index contributed by atoms with van der Waals surface area (Å²) in [6.45, 7) is 3.24. The van der Waals surface area contributed by atoms with Gasteiger partial charge in [-0.25, -0.2) is 8.42 Å². The van der Waals surface area contributed by atoms with Crippen molar-refractivity contribution in [2.24, 2.45) is 0 Å². The molecular weight excluding hydrogens is 426 g/mol. The van der Waals surface area contributed by atoms with E-state index in [0.29, 0.717) is 43.1 Å². The molecule has 1 amide bonds. The van der Waals surface area contributed by atoms with Crippen LogP contribution < -0.4 is 14.5 Å². The number of amides is 1. The summed E-state index contributed by atoms with van der Waals surface area (Å²) in [5, 5.41) is 3.16. The van der Waals surface area contributed by atoms with Gasteiger partial charge in [0, 0.05) is 19.6 Å². The highest BCUT2D eigenvalue weighted by molar-refractivity contribution is 7.92. The first-order valence-corrected chi connectivity index (χ1v) is 12.0. The average Bonchev–Trinajstić information content (AvgIpc) is 2.74. The quantitative estimate of drug-likeness (QED) is 0.774. The number of anilines is 3. The molecule has 160 valence electrons. The van der Waals surface area contributed by atoms with Gasteiger partial charge in [-0.15, -0.1) is 0 Å². The molecule has 30 heavy (non-hydrogen) atoms. The molecule has 2 heterocycles. The third-order valence-corrected chi connectivity index (χ3v) is 7.52. The van der Waals surface area contributed by atoms with Crippen LogP contribution in [-0.4, -0.2) is 52.9 Å². The molecule has 0 radical (unpaired) electrons. The topological polar surface area (TPSA) is 79.0 Å². The molecule has 4 rings (SSSR count). The summed E-state index contributed by atoms with van der Waals surface area (Å²) in [5.41, 5.74) is 2.42. The second-order valence-corrected chi connectivity index (χ2v) is 9.75. The minimum atomic E-state index is -3.33. The number of morpholine rings is 1. The van der Waals surface area contributed by atoms with E-state index >= 15 is 0 Å². The van der Waals surface area contributed by atoms with Gasteiger partial charge in [0.2, 0.25) is 10.0 Å². The van der Waals surface area contributed by atoms with E-state index in [1.54, 1.807) is 18.2 Å². The van der Waals surface area contributed by atoms with Crippen molar-refractivity contribution in [1.82, 2.24) is 0 Å². The van der Waals surface area contributed by atoms with Crippen LogP contribution in [0.1, 0.15) is 23.2 Å². The van der Waals surface area contributed by atoms with Gasteiger partial charge >= 0.3 is 0 Å². The van der Waals surface area contributed by atoms with Gasteiger partial charge < -0.3 is 15.0 Å². The van der Waals surface area contributed by atoms with Crippen LogP contribution in [-0.2, 0) is 14.8 Å². The van der Waals surface area contributed by atoms with Crippen LogP contribution in [0.25, 0.3) is 0 Å². The predicted molar refractivity (Wildman–Crippen MR) is 119 cm³/mol. The number of hydrogen-bond acceptors (Lipinski definition) is 5. The molecule has 0 aliphatic carbocycles. The molecule has 2 saturated heterocycles. The maximum atomic E-state index is 12.9. The van der Waals surface area contributed by atoms with Gasteiger partial charge in [-0.1, -0.05) is 23.7 Å². The standard InChI is InChI=1S/C21H24ClN3O4S/c22-18-15-16(25-9-3-4-14-30(25,27)28)7-8-17(18)21(26)23-19-5-1-2-6-20(19)24-10-12-29-13-11-24/h1-2,5-8,15H,3-4,9-14H2,(H,23,26). The normalized spacial score (nSPS) is 18.8. The highest BCUT2D eigenvalue weighted by atomic mass is 35.5. The van der Waals surface area contributed by atoms with E-state index < -0.39 is 10.0 Å². The molecule has 2 aromatic carbocycles. The first-order chi connectivity index (χ1) is 14.5. The fourth-order valence-electron chi connectivity index (χ4n) is 3.77. The molecule has 0 spiro atoms. The Labute approximate surface area is 181 Å². The monoisotopic (exact) mass is 449 g/mol. The van der Waals surface area contributed by atoms with Crippen LogP contribution in [0.5, 0.6) is 0 Å². The van der Waals surface area contributed by atoms with E-state index in [1.807, 2.05) is 24.3 Å². The molecule has 2 fully saturated rings. The molecule has 2 aliphatic heterocycles. The smallest absolute Gasteiger partial charge is 0.257 e. The molecule has 0 saturated carbocycles. The molecule has 0 aromatic heterocycles. The molecule has 1 N–H and O–H groups in total. The van der Waals surface area contributed by atoms with Crippen molar-refractivity contribution < 1.29 is 17.9 Å². The summed E-state index contributed by atoms with van der Waals surface area (Å²) in [7, 11) is -3.33. The van der Waals surface area contributed by atoms with Gasteiger partial charge in [0.15, 0.2) is 0 Å². The minimum absolute atomic E-state index is 0.130. The Bertz CT molecular complexity index is 1040. The second-order valence-electron chi connectivity index (χ2n) is 7.33. The van der Waals surface area contributed by atoms with Crippen molar-refractivity contribution in [2.75, 3.05) is 53.1 Å². The van der Waals surface area contributed by atoms with Gasteiger partial charge in [-0.05, 0) is 43.2 Å². The average molecular weight is 450 g/mol. The molecule has 0 bridgehead atoms. The van der Waals surface area contributed by atoms with Crippen molar-refractivity contribution >= 4 is 44.6 Å². The summed E-state index contributed by atoms with van der Waals surface area (Å²) in [6, 6.07) is 12.4. The van der Waals surface area contributed by atoms with Gasteiger partial charge in [0.1, 0.15) is 0 Å². The first kappa shape index (κ1) is 21.0. The first-order valence-electron chi connectivity index (χ1n) is 9.99. The van der Waals surface area contributed by atoms with Crippen molar-refractivity contribution in [1.29, 1.82) is 0 Å². The lowest BCUT2D eigenvalue weighted by atomic mass is 10.1. The van der Waals surface area contributed by atoms with Crippen molar-refractivity contribution in [3.8, 4) is 0 Å². The van der Waals surface area contributed by atoms with Crippen LogP contribution in [0, 0.1) is 0 Å². The Morgan fingerprint density at radius 3 is 2.53 bits per heavy atom. The van der Waals surface area contributed by atoms with Crippen LogP contribution in [0.2, 0.25) is 5.02 Å². The largest absolute Gasteiger partial charge is 0.378 e. The van der Waals surface area contributed by atoms with E-state index in [1.165, 1.54) is 4.31 Å². The highest BCUT2D eigenvalue weighted by Crippen LogP contribution is 2.30. The number of carbonyl (C=O) groups excluding carboxylic acids is 1. The van der Waals surface area contributed by atoms with E-state index in [2.05, 4.69) is 10.2 Å². The van der Waals surface area contributed by atoms with Crippen LogP contribution in [0.15, 0.2) is 42.5 Å². The SMILES string of the molecule is O=C(Nc1ccccc1N1CCOCC1)c1ccc(N2CCCCS2(=O)=O)cc1Cl.